The van der Waals surface area contributed by atoms with Gasteiger partial charge in [0, 0.05) is 12.1 Å². The van der Waals surface area contributed by atoms with Gasteiger partial charge in [0.2, 0.25) is 0 Å². The highest BCUT2D eigenvalue weighted by Crippen LogP contribution is 2.38. The van der Waals surface area contributed by atoms with Gasteiger partial charge in [-0.3, -0.25) is 4.90 Å². The van der Waals surface area contributed by atoms with Crippen molar-refractivity contribution in [1.29, 1.82) is 0 Å². The van der Waals surface area contributed by atoms with E-state index >= 15 is 0 Å². The summed E-state index contributed by atoms with van der Waals surface area (Å²) in [5.41, 5.74) is 6.45. The van der Waals surface area contributed by atoms with Crippen LogP contribution in [0.25, 0.3) is 0 Å². The Bertz CT molecular complexity index is 211. The Morgan fingerprint density at radius 1 is 1.29 bits per heavy atom. The highest BCUT2D eigenvalue weighted by molar-refractivity contribution is 4.96. The topological polar surface area (TPSA) is 29.3 Å². The summed E-state index contributed by atoms with van der Waals surface area (Å²) in [6, 6.07) is 0. The van der Waals surface area contributed by atoms with Crippen LogP contribution in [-0.4, -0.2) is 30.1 Å². The summed E-state index contributed by atoms with van der Waals surface area (Å²) in [5.74, 6) is 1.72. The first-order valence-corrected chi connectivity index (χ1v) is 7.53. The zero-order valence-corrected chi connectivity index (χ0v) is 12.3. The minimum absolute atomic E-state index is 0.307. The third-order valence-corrected chi connectivity index (χ3v) is 4.54. The van der Waals surface area contributed by atoms with Crippen molar-refractivity contribution in [2.24, 2.45) is 17.6 Å². The van der Waals surface area contributed by atoms with Crippen molar-refractivity contribution in [3.8, 4) is 0 Å². The summed E-state index contributed by atoms with van der Waals surface area (Å²) >= 11 is 0. The molecule has 0 bridgehead atoms. The fraction of sp³-hybridized carbons (Fsp3) is 1.00. The molecule has 1 saturated carbocycles. The Kier molecular flexibility index (Phi) is 5.94. The van der Waals surface area contributed by atoms with Crippen LogP contribution in [0.15, 0.2) is 0 Å². The van der Waals surface area contributed by atoms with Gasteiger partial charge in [0.1, 0.15) is 0 Å². The molecule has 0 radical (unpaired) electrons. The molecule has 0 aromatic carbocycles. The van der Waals surface area contributed by atoms with Crippen molar-refractivity contribution in [3.05, 3.63) is 0 Å². The van der Waals surface area contributed by atoms with Crippen LogP contribution < -0.4 is 5.73 Å². The third kappa shape index (κ3) is 3.69. The van der Waals surface area contributed by atoms with Crippen molar-refractivity contribution in [3.63, 3.8) is 0 Å². The molecule has 0 aromatic heterocycles. The van der Waals surface area contributed by atoms with Crippen LogP contribution in [0.4, 0.5) is 0 Å². The smallest absolute Gasteiger partial charge is 0.0334 e. The van der Waals surface area contributed by atoms with Crippen molar-refractivity contribution >= 4 is 0 Å². The van der Waals surface area contributed by atoms with Gasteiger partial charge in [-0.15, -0.1) is 0 Å². The molecule has 2 nitrogen and oxygen atoms in total. The Balaban J connectivity index is 2.70. The summed E-state index contributed by atoms with van der Waals surface area (Å²) in [7, 11) is 0. The number of rotatable bonds is 6. The molecular weight excluding hydrogens is 208 g/mol. The van der Waals surface area contributed by atoms with E-state index in [9.17, 15) is 0 Å². The van der Waals surface area contributed by atoms with Gasteiger partial charge in [-0.25, -0.2) is 0 Å². The van der Waals surface area contributed by atoms with Crippen LogP contribution in [0.2, 0.25) is 0 Å². The molecule has 2 N–H and O–H groups in total. The van der Waals surface area contributed by atoms with Crippen LogP contribution in [0.1, 0.15) is 59.8 Å². The molecule has 102 valence electrons. The average molecular weight is 240 g/mol. The molecule has 0 heterocycles. The SMILES string of the molecule is CCN(CC)C1(CN)CCCC(CC(C)C)C1. The second kappa shape index (κ2) is 6.75. The van der Waals surface area contributed by atoms with E-state index in [1.165, 1.54) is 32.1 Å². The number of nitrogens with zero attached hydrogens (tertiary/aromatic N) is 1. The summed E-state index contributed by atoms with van der Waals surface area (Å²) in [6.07, 6.45) is 6.79. The molecule has 0 saturated heterocycles. The van der Waals surface area contributed by atoms with Crippen LogP contribution in [0, 0.1) is 11.8 Å². The highest BCUT2D eigenvalue weighted by atomic mass is 15.2. The van der Waals surface area contributed by atoms with E-state index in [-0.39, 0.29) is 0 Å². The predicted molar refractivity (Wildman–Crippen MR) is 76.1 cm³/mol. The van der Waals surface area contributed by atoms with Crippen molar-refractivity contribution in [1.82, 2.24) is 4.90 Å². The Morgan fingerprint density at radius 3 is 2.41 bits per heavy atom. The van der Waals surface area contributed by atoms with E-state index < -0.39 is 0 Å². The fourth-order valence-electron chi connectivity index (χ4n) is 3.83. The van der Waals surface area contributed by atoms with Crippen LogP contribution in [-0.2, 0) is 0 Å². The van der Waals surface area contributed by atoms with E-state index in [4.69, 9.17) is 5.73 Å². The van der Waals surface area contributed by atoms with E-state index in [0.29, 0.717) is 5.54 Å². The normalized spacial score (nSPS) is 30.2. The molecule has 0 aliphatic heterocycles. The maximum atomic E-state index is 6.14. The lowest BCUT2D eigenvalue weighted by molar-refractivity contribution is 0.0393. The lowest BCUT2D eigenvalue weighted by atomic mass is 9.72. The molecule has 2 unspecified atom stereocenters. The van der Waals surface area contributed by atoms with Gasteiger partial charge < -0.3 is 5.73 Å². The molecule has 1 rings (SSSR count). The molecule has 0 spiro atoms. The largest absolute Gasteiger partial charge is 0.329 e. The van der Waals surface area contributed by atoms with Gasteiger partial charge in [0.25, 0.3) is 0 Å². The van der Waals surface area contributed by atoms with Gasteiger partial charge in [-0.05, 0) is 44.2 Å². The first kappa shape index (κ1) is 15.0. The standard InChI is InChI=1S/C15H32N2/c1-5-17(6-2)15(12-16)9-7-8-14(11-15)10-13(3)4/h13-14H,5-12,16H2,1-4H3. The Hall–Kier alpha value is -0.0800. The van der Waals surface area contributed by atoms with E-state index in [0.717, 1.165) is 31.5 Å². The zero-order chi connectivity index (χ0) is 12.9. The lowest BCUT2D eigenvalue weighted by Gasteiger charge is -2.48. The number of likely N-dealkylation sites (N-methyl/N-ethyl adjacent to an activating group) is 1. The molecule has 2 atom stereocenters. The van der Waals surface area contributed by atoms with Gasteiger partial charge in [0.05, 0.1) is 0 Å². The second-order valence-electron chi connectivity index (χ2n) is 6.19. The minimum atomic E-state index is 0.307. The monoisotopic (exact) mass is 240 g/mol. The maximum absolute atomic E-state index is 6.14. The van der Waals surface area contributed by atoms with E-state index in [1.54, 1.807) is 0 Å². The Labute approximate surface area is 108 Å². The third-order valence-electron chi connectivity index (χ3n) is 4.54. The highest BCUT2D eigenvalue weighted by Gasteiger charge is 2.38. The van der Waals surface area contributed by atoms with Gasteiger partial charge in [-0.1, -0.05) is 40.5 Å². The van der Waals surface area contributed by atoms with Crippen LogP contribution in [0.5, 0.6) is 0 Å². The zero-order valence-electron chi connectivity index (χ0n) is 12.3. The fourth-order valence-corrected chi connectivity index (χ4v) is 3.83. The quantitative estimate of drug-likeness (QED) is 0.772. The van der Waals surface area contributed by atoms with E-state index in [2.05, 4.69) is 32.6 Å². The maximum Gasteiger partial charge on any atom is 0.0334 e. The second-order valence-corrected chi connectivity index (χ2v) is 6.19. The van der Waals surface area contributed by atoms with Gasteiger partial charge in [-0.2, -0.15) is 0 Å². The molecule has 17 heavy (non-hydrogen) atoms. The minimum Gasteiger partial charge on any atom is -0.329 e. The lowest BCUT2D eigenvalue weighted by Crippen LogP contribution is -2.56. The molecule has 0 amide bonds. The summed E-state index contributed by atoms with van der Waals surface area (Å²) < 4.78 is 0. The molecule has 1 aliphatic rings. The van der Waals surface area contributed by atoms with E-state index in [1.807, 2.05) is 0 Å². The van der Waals surface area contributed by atoms with Gasteiger partial charge in [0.15, 0.2) is 0 Å². The van der Waals surface area contributed by atoms with Gasteiger partial charge >= 0.3 is 0 Å². The van der Waals surface area contributed by atoms with Crippen LogP contribution >= 0.6 is 0 Å². The Morgan fingerprint density at radius 2 is 1.94 bits per heavy atom. The van der Waals surface area contributed by atoms with Crippen molar-refractivity contribution in [2.45, 2.75) is 65.3 Å². The summed E-state index contributed by atoms with van der Waals surface area (Å²) in [4.78, 5) is 2.61. The number of nitrogens with two attached hydrogens (primary N) is 1. The predicted octanol–water partition coefficient (Wildman–Crippen LogP) is 3.26. The number of hydrogen-bond donors (Lipinski definition) is 1. The van der Waals surface area contributed by atoms with Crippen LogP contribution in [0.3, 0.4) is 0 Å². The first-order chi connectivity index (χ1) is 8.07. The molecule has 1 fully saturated rings. The molecule has 1 aliphatic carbocycles. The first-order valence-electron chi connectivity index (χ1n) is 7.53. The van der Waals surface area contributed by atoms with Crippen molar-refractivity contribution < 1.29 is 0 Å². The van der Waals surface area contributed by atoms with Crippen molar-refractivity contribution in [2.75, 3.05) is 19.6 Å². The number of hydrogen-bond acceptors (Lipinski definition) is 2. The summed E-state index contributed by atoms with van der Waals surface area (Å²) in [5, 5.41) is 0. The average Bonchev–Trinajstić information content (AvgIpc) is 2.30. The molecular formula is C15H32N2. The summed E-state index contributed by atoms with van der Waals surface area (Å²) in [6.45, 7) is 12.3. The molecule has 2 heteroatoms. The molecule has 0 aromatic rings.